The van der Waals surface area contributed by atoms with Gasteiger partial charge in [-0.2, -0.15) is 0 Å². The van der Waals surface area contributed by atoms with Crippen molar-refractivity contribution < 1.29 is 9.53 Å². The van der Waals surface area contributed by atoms with Crippen LogP contribution < -0.4 is 10.1 Å². The van der Waals surface area contributed by atoms with Gasteiger partial charge < -0.3 is 15.0 Å². The fraction of sp³-hybridized carbons (Fsp3) is 0.409. The summed E-state index contributed by atoms with van der Waals surface area (Å²) in [6.45, 7) is 5.48. The maximum absolute atomic E-state index is 12.1. The second kappa shape index (κ2) is 10.1. The van der Waals surface area contributed by atoms with Crippen molar-refractivity contribution in [2.45, 2.75) is 32.3 Å². The molecular formula is C22H26Cl2N2O2. The molecule has 1 heterocycles. The van der Waals surface area contributed by atoms with Crippen LogP contribution in [0.1, 0.15) is 24.0 Å². The van der Waals surface area contributed by atoms with Crippen LogP contribution in [0.5, 0.6) is 5.75 Å². The summed E-state index contributed by atoms with van der Waals surface area (Å²) in [6.07, 6.45) is 2.53. The van der Waals surface area contributed by atoms with Crippen LogP contribution in [0.3, 0.4) is 0 Å². The van der Waals surface area contributed by atoms with Crippen molar-refractivity contribution in [2.75, 3.05) is 26.2 Å². The maximum Gasteiger partial charge on any atom is 0.224 e. The number of nitrogens with one attached hydrogen (secondary N) is 1. The fourth-order valence-corrected chi connectivity index (χ4v) is 3.70. The number of hydrogen-bond acceptors (Lipinski definition) is 3. The van der Waals surface area contributed by atoms with E-state index in [-0.39, 0.29) is 12.0 Å². The van der Waals surface area contributed by atoms with Gasteiger partial charge in [0.25, 0.3) is 0 Å². The number of halogens is 2. The smallest absolute Gasteiger partial charge is 0.224 e. The molecule has 1 aliphatic rings. The molecule has 150 valence electrons. The lowest BCUT2D eigenvalue weighted by molar-refractivity contribution is -0.120. The maximum atomic E-state index is 12.1. The molecule has 3 rings (SSSR count). The summed E-state index contributed by atoms with van der Waals surface area (Å²) in [5.74, 6) is 0.833. The molecule has 0 bridgehead atoms. The summed E-state index contributed by atoms with van der Waals surface area (Å²) in [6, 6.07) is 13.4. The highest BCUT2D eigenvalue weighted by molar-refractivity contribution is 6.42. The zero-order valence-electron chi connectivity index (χ0n) is 16.1. The number of carbonyl (C=O) groups is 1. The van der Waals surface area contributed by atoms with Crippen LogP contribution in [0.4, 0.5) is 0 Å². The first-order chi connectivity index (χ1) is 13.5. The van der Waals surface area contributed by atoms with Crippen LogP contribution in [-0.4, -0.2) is 43.1 Å². The van der Waals surface area contributed by atoms with Gasteiger partial charge in [0.1, 0.15) is 11.9 Å². The molecule has 0 saturated carbocycles. The van der Waals surface area contributed by atoms with Gasteiger partial charge in [-0.25, -0.2) is 0 Å². The largest absolute Gasteiger partial charge is 0.490 e. The summed E-state index contributed by atoms with van der Waals surface area (Å²) >= 11 is 12.0. The van der Waals surface area contributed by atoms with Crippen LogP contribution in [-0.2, 0) is 11.2 Å². The molecule has 2 aromatic carbocycles. The molecule has 1 N–H and O–H groups in total. The summed E-state index contributed by atoms with van der Waals surface area (Å²) in [7, 11) is 0. The minimum Gasteiger partial charge on any atom is -0.490 e. The Bertz CT molecular complexity index is 805. The number of carbonyl (C=O) groups excluding carboxylic acids is 1. The lowest BCUT2D eigenvalue weighted by Gasteiger charge is -2.32. The second-order valence-electron chi connectivity index (χ2n) is 7.25. The molecule has 4 nitrogen and oxygen atoms in total. The van der Waals surface area contributed by atoms with Gasteiger partial charge in [0.05, 0.1) is 16.5 Å². The van der Waals surface area contributed by atoms with E-state index in [0.717, 1.165) is 43.8 Å². The van der Waals surface area contributed by atoms with E-state index >= 15 is 0 Å². The van der Waals surface area contributed by atoms with E-state index in [1.807, 2.05) is 31.2 Å². The Morgan fingerprint density at radius 2 is 1.93 bits per heavy atom. The van der Waals surface area contributed by atoms with E-state index in [2.05, 4.69) is 16.3 Å². The van der Waals surface area contributed by atoms with Gasteiger partial charge in [-0.1, -0.05) is 53.0 Å². The summed E-state index contributed by atoms with van der Waals surface area (Å²) in [5, 5.41) is 4.07. The molecule has 28 heavy (non-hydrogen) atoms. The Morgan fingerprint density at radius 3 is 2.64 bits per heavy atom. The minimum atomic E-state index is 0.0726. The summed E-state index contributed by atoms with van der Waals surface area (Å²) in [5.41, 5.74) is 2.23. The topological polar surface area (TPSA) is 41.6 Å². The first-order valence-electron chi connectivity index (χ1n) is 9.66. The Labute approximate surface area is 176 Å². The molecule has 1 aliphatic heterocycles. The number of amides is 1. The van der Waals surface area contributed by atoms with Crippen molar-refractivity contribution in [3.8, 4) is 5.75 Å². The highest BCUT2D eigenvalue weighted by Crippen LogP contribution is 2.28. The van der Waals surface area contributed by atoms with Crippen LogP contribution in [0, 0.1) is 6.92 Å². The van der Waals surface area contributed by atoms with Gasteiger partial charge >= 0.3 is 0 Å². The van der Waals surface area contributed by atoms with E-state index in [4.69, 9.17) is 27.9 Å². The van der Waals surface area contributed by atoms with Crippen molar-refractivity contribution in [1.82, 2.24) is 10.2 Å². The first-order valence-corrected chi connectivity index (χ1v) is 10.4. The average Bonchev–Trinajstić information content (AvgIpc) is 2.66. The molecule has 0 aliphatic carbocycles. The van der Waals surface area contributed by atoms with Crippen LogP contribution in [0.25, 0.3) is 0 Å². The Morgan fingerprint density at radius 1 is 1.14 bits per heavy atom. The number of aryl methyl sites for hydroxylation is 1. The molecule has 0 spiro atoms. The number of hydrogen-bond donors (Lipinski definition) is 1. The van der Waals surface area contributed by atoms with Crippen molar-refractivity contribution in [3.05, 3.63) is 63.6 Å². The standard InChI is InChI=1S/C22H26Cl2N2O2/c1-16-3-2-4-17(13-16)14-22(27)25-9-12-26-10-7-18(8-11-26)28-19-5-6-20(23)21(24)15-19/h2-6,13,15,18H,7-12,14H2,1H3,(H,25,27). The summed E-state index contributed by atoms with van der Waals surface area (Å²) < 4.78 is 6.02. The Hall–Kier alpha value is -1.75. The number of piperidine rings is 1. The molecule has 1 amide bonds. The Balaban J connectivity index is 1.34. The second-order valence-corrected chi connectivity index (χ2v) is 8.06. The van der Waals surface area contributed by atoms with Crippen molar-refractivity contribution in [2.24, 2.45) is 0 Å². The molecular weight excluding hydrogens is 395 g/mol. The van der Waals surface area contributed by atoms with Gasteiger partial charge in [-0.3, -0.25) is 4.79 Å². The number of rotatable bonds is 7. The third-order valence-electron chi connectivity index (χ3n) is 4.93. The van der Waals surface area contributed by atoms with Gasteiger partial charge in [-0.05, 0) is 37.5 Å². The van der Waals surface area contributed by atoms with E-state index in [9.17, 15) is 4.79 Å². The van der Waals surface area contributed by atoms with Crippen LogP contribution >= 0.6 is 23.2 Å². The zero-order chi connectivity index (χ0) is 19.9. The number of benzene rings is 2. The molecule has 0 atom stereocenters. The first kappa shape index (κ1) is 21.0. The van der Waals surface area contributed by atoms with E-state index in [1.165, 1.54) is 5.56 Å². The highest BCUT2D eigenvalue weighted by Gasteiger charge is 2.20. The van der Waals surface area contributed by atoms with Crippen LogP contribution in [0.2, 0.25) is 10.0 Å². The molecule has 2 aromatic rings. The van der Waals surface area contributed by atoms with E-state index in [1.54, 1.807) is 12.1 Å². The van der Waals surface area contributed by atoms with Gasteiger partial charge in [0, 0.05) is 32.2 Å². The van der Waals surface area contributed by atoms with E-state index < -0.39 is 0 Å². The van der Waals surface area contributed by atoms with Crippen LogP contribution in [0.15, 0.2) is 42.5 Å². The highest BCUT2D eigenvalue weighted by atomic mass is 35.5. The quantitative estimate of drug-likeness (QED) is 0.716. The van der Waals surface area contributed by atoms with Crippen molar-refractivity contribution in [1.29, 1.82) is 0 Å². The monoisotopic (exact) mass is 420 g/mol. The Kier molecular flexibility index (Phi) is 7.60. The molecule has 0 unspecified atom stereocenters. The minimum absolute atomic E-state index is 0.0726. The molecule has 6 heteroatoms. The fourth-order valence-electron chi connectivity index (χ4n) is 3.42. The van der Waals surface area contributed by atoms with E-state index in [0.29, 0.717) is 23.0 Å². The third-order valence-corrected chi connectivity index (χ3v) is 5.66. The average molecular weight is 421 g/mol. The zero-order valence-corrected chi connectivity index (χ0v) is 17.6. The molecule has 0 aromatic heterocycles. The number of likely N-dealkylation sites (tertiary alicyclic amines) is 1. The predicted molar refractivity (Wildman–Crippen MR) is 114 cm³/mol. The number of nitrogens with zero attached hydrogens (tertiary/aromatic N) is 1. The SMILES string of the molecule is Cc1cccc(CC(=O)NCCN2CCC(Oc3ccc(Cl)c(Cl)c3)CC2)c1. The van der Waals surface area contributed by atoms with Crippen molar-refractivity contribution in [3.63, 3.8) is 0 Å². The lowest BCUT2D eigenvalue weighted by atomic mass is 10.1. The summed E-state index contributed by atoms with van der Waals surface area (Å²) in [4.78, 5) is 14.5. The van der Waals surface area contributed by atoms with Gasteiger partial charge in [0.15, 0.2) is 0 Å². The lowest BCUT2D eigenvalue weighted by Crippen LogP contribution is -2.42. The molecule has 1 fully saturated rings. The van der Waals surface area contributed by atoms with Crippen molar-refractivity contribution >= 4 is 29.1 Å². The van der Waals surface area contributed by atoms with Gasteiger partial charge in [-0.15, -0.1) is 0 Å². The predicted octanol–water partition coefficient (Wildman–Crippen LogP) is 4.50. The molecule has 1 saturated heterocycles. The molecule has 0 radical (unpaired) electrons. The third kappa shape index (κ3) is 6.40. The van der Waals surface area contributed by atoms with Gasteiger partial charge in [0.2, 0.25) is 5.91 Å². The number of ether oxygens (including phenoxy) is 1. The normalized spacial score (nSPS) is 15.4.